The van der Waals surface area contributed by atoms with Gasteiger partial charge in [-0.05, 0) is 48.9 Å². The summed E-state index contributed by atoms with van der Waals surface area (Å²) in [6.45, 7) is 1.94. The molecule has 0 spiro atoms. The predicted octanol–water partition coefficient (Wildman–Crippen LogP) is 4.85. The van der Waals surface area contributed by atoms with Gasteiger partial charge in [-0.3, -0.25) is 0 Å². The smallest absolute Gasteiger partial charge is 0.127 e. The third kappa shape index (κ3) is 3.11. The second-order valence-electron chi connectivity index (χ2n) is 5.28. The monoisotopic (exact) mass is 305 g/mol. The number of hydrogen-bond acceptors (Lipinski definition) is 2. The number of halogens is 2. The number of thioether (sulfide) groups is 1. The van der Waals surface area contributed by atoms with Gasteiger partial charge in [-0.2, -0.15) is 0 Å². The molecule has 21 heavy (non-hydrogen) atoms. The lowest BCUT2D eigenvalue weighted by molar-refractivity contribution is 0.435. The van der Waals surface area contributed by atoms with Crippen LogP contribution in [-0.2, 0) is 0 Å². The molecule has 0 aliphatic carbocycles. The first-order valence-electron chi connectivity index (χ1n) is 7.08. The maximum Gasteiger partial charge on any atom is 0.127 e. The summed E-state index contributed by atoms with van der Waals surface area (Å²) in [6.07, 6.45) is 0.917. The van der Waals surface area contributed by atoms with Crippen LogP contribution in [0.3, 0.4) is 0 Å². The zero-order valence-electron chi connectivity index (χ0n) is 11.8. The molecule has 0 aromatic heterocycles. The van der Waals surface area contributed by atoms with E-state index in [1.165, 1.54) is 12.1 Å². The molecular weight excluding hydrogens is 288 g/mol. The lowest BCUT2D eigenvalue weighted by Gasteiger charge is -2.29. The van der Waals surface area contributed by atoms with Crippen molar-refractivity contribution in [2.75, 3.05) is 5.75 Å². The van der Waals surface area contributed by atoms with Crippen molar-refractivity contribution in [3.63, 3.8) is 0 Å². The normalized spacial score (nSPS) is 19.1. The van der Waals surface area contributed by atoms with Gasteiger partial charge in [-0.25, -0.2) is 8.78 Å². The Bertz CT molecular complexity index is 644. The summed E-state index contributed by atoms with van der Waals surface area (Å²) in [5.74, 6) is 0.559. The van der Waals surface area contributed by atoms with Crippen molar-refractivity contribution < 1.29 is 8.78 Å². The van der Waals surface area contributed by atoms with Crippen molar-refractivity contribution in [2.24, 2.45) is 0 Å². The van der Waals surface area contributed by atoms with Crippen LogP contribution >= 0.6 is 11.8 Å². The molecule has 0 fully saturated rings. The fourth-order valence-electron chi connectivity index (χ4n) is 2.76. The number of benzene rings is 2. The molecule has 1 N–H and O–H groups in total. The summed E-state index contributed by atoms with van der Waals surface area (Å²) in [7, 11) is 0. The van der Waals surface area contributed by atoms with Crippen LogP contribution in [0, 0.1) is 11.6 Å². The highest BCUT2D eigenvalue weighted by molar-refractivity contribution is 7.99. The maximum absolute atomic E-state index is 13.9. The zero-order valence-corrected chi connectivity index (χ0v) is 12.6. The molecule has 1 aliphatic rings. The van der Waals surface area contributed by atoms with E-state index in [4.69, 9.17) is 0 Å². The van der Waals surface area contributed by atoms with Crippen molar-refractivity contribution in [3.8, 4) is 0 Å². The molecule has 2 aromatic carbocycles. The molecule has 0 amide bonds. The third-order valence-electron chi connectivity index (χ3n) is 3.83. The Balaban J connectivity index is 1.83. The Hall–Kier alpha value is -1.39. The molecule has 0 saturated heterocycles. The fourth-order valence-corrected chi connectivity index (χ4v) is 3.86. The van der Waals surface area contributed by atoms with Crippen molar-refractivity contribution in [2.45, 2.75) is 30.3 Å². The highest BCUT2D eigenvalue weighted by atomic mass is 32.2. The number of rotatable bonds is 3. The van der Waals surface area contributed by atoms with Crippen LogP contribution in [-0.4, -0.2) is 5.75 Å². The van der Waals surface area contributed by atoms with E-state index in [0.29, 0.717) is 5.56 Å². The van der Waals surface area contributed by atoms with Gasteiger partial charge in [-0.1, -0.05) is 18.2 Å². The molecule has 1 heterocycles. The van der Waals surface area contributed by atoms with E-state index in [-0.39, 0.29) is 23.7 Å². The molecule has 3 rings (SSSR count). The number of hydrogen-bond donors (Lipinski definition) is 1. The quantitative estimate of drug-likeness (QED) is 0.869. The highest BCUT2D eigenvalue weighted by Crippen LogP contribution is 2.37. The molecule has 4 heteroatoms. The van der Waals surface area contributed by atoms with E-state index in [1.54, 1.807) is 30.0 Å². The van der Waals surface area contributed by atoms with Gasteiger partial charge in [0.2, 0.25) is 0 Å². The Labute approximate surface area is 127 Å². The average Bonchev–Trinajstić information content (AvgIpc) is 2.48. The number of fused-ring (bicyclic) bond motifs is 1. The lowest BCUT2D eigenvalue weighted by Crippen LogP contribution is -2.28. The topological polar surface area (TPSA) is 12.0 Å². The summed E-state index contributed by atoms with van der Waals surface area (Å²) in [5.41, 5.74) is 1.63. The van der Waals surface area contributed by atoms with Crippen molar-refractivity contribution in [1.82, 2.24) is 5.32 Å². The molecule has 1 aliphatic heterocycles. The summed E-state index contributed by atoms with van der Waals surface area (Å²) >= 11 is 1.75. The van der Waals surface area contributed by atoms with Gasteiger partial charge >= 0.3 is 0 Å². The van der Waals surface area contributed by atoms with Gasteiger partial charge in [0.15, 0.2) is 0 Å². The Morgan fingerprint density at radius 2 is 2.00 bits per heavy atom. The fraction of sp³-hybridized carbons (Fsp3) is 0.294. The van der Waals surface area contributed by atoms with Crippen LogP contribution in [0.15, 0.2) is 47.4 Å². The van der Waals surface area contributed by atoms with Crippen LogP contribution in [0.1, 0.15) is 36.6 Å². The molecule has 1 nitrogen and oxygen atoms in total. The molecule has 0 radical (unpaired) electrons. The molecule has 0 saturated carbocycles. The second-order valence-corrected chi connectivity index (χ2v) is 6.42. The van der Waals surface area contributed by atoms with E-state index >= 15 is 0 Å². The van der Waals surface area contributed by atoms with Crippen molar-refractivity contribution in [1.29, 1.82) is 0 Å². The van der Waals surface area contributed by atoms with Gasteiger partial charge in [0.1, 0.15) is 11.6 Å². The Morgan fingerprint density at radius 3 is 2.81 bits per heavy atom. The molecule has 2 aromatic rings. The first-order chi connectivity index (χ1) is 10.1. The molecule has 2 atom stereocenters. The van der Waals surface area contributed by atoms with Crippen LogP contribution in [0.4, 0.5) is 8.78 Å². The van der Waals surface area contributed by atoms with E-state index < -0.39 is 0 Å². The molecular formula is C17H17F2NS. The van der Waals surface area contributed by atoms with Crippen LogP contribution in [0.5, 0.6) is 0 Å². The van der Waals surface area contributed by atoms with Crippen LogP contribution in [0.25, 0.3) is 0 Å². The minimum Gasteiger partial charge on any atom is -0.303 e. The van der Waals surface area contributed by atoms with E-state index in [9.17, 15) is 8.78 Å². The highest BCUT2D eigenvalue weighted by Gasteiger charge is 2.23. The van der Waals surface area contributed by atoms with Gasteiger partial charge in [0.25, 0.3) is 0 Å². The van der Waals surface area contributed by atoms with Crippen molar-refractivity contribution >= 4 is 11.8 Å². The average molecular weight is 305 g/mol. The Kier molecular flexibility index (Phi) is 4.27. The van der Waals surface area contributed by atoms with E-state index in [0.717, 1.165) is 22.6 Å². The summed E-state index contributed by atoms with van der Waals surface area (Å²) < 4.78 is 27.3. The lowest BCUT2D eigenvalue weighted by atomic mass is 10.0. The van der Waals surface area contributed by atoms with E-state index in [1.807, 2.05) is 19.1 Å². The summed E-state index contributed by atoms with van der Waals surface area (Å²) in [6, 6.07) is 11.6. The molecule has 110 valence electrons. The molecule has 0 bridgehead atoms. The van der Waals surface area contributed by atoms with Crippen molar-refractivity contribution in [3.05, 3.63) is 65.2 Å². The van der Waals surface area contributed by atoms with Gasteiger partial charge in [0.05, 0.1) is 0 Å². The zero-order chi connectivity index (χ0) is 14.8. The van der Waals surface area contributed by atoms with Gasteiger partial charge in [0, 0.05) is 22.5 Å². The third-order valence-corrected chi connectivity index (χ3v) is 4.96. The minimum absolute atomic E-state index is 0.0616. The first-order valence-corrected chi connectivity index (χ1v) is 8.06. The van der Waals surface area contributed by atoms with Gasteiger partial charge in [-0.15, -0.1) is 11.8 Å². The Morgan fingerprint density at radius 1 is 1.19 bits per heavy atom. The van der Waals surface area contributed by atoms with Crippen LogP contribution in [0.2, 0.25) is 0 Å². The minimum atomic E-state index is -0.221. The summed E-state index contributed by atoms with van der Waals surface area (Å²) in [4.78, 5) is 1.11. The summed E-state index contributed by atoms with van der Waals surface area (Å²) in [5, 5.41) is 3.44. The SMILES string of the molecule is CC(NC1CCSc2ccc(F)cc21)c1ccccc1F. The largest absolute Gasteiger partial charge is 0.303 e. The van der Waals surface area contributed by atoms with E-state index in [2.05, 4.69) is 5.32 Å². The van der Waals surface area contributed by atoms with Crippen LogP contribution < -0.4 is 5.32 Å². The number of nitrogens with one attached hydrogen (secondary N) is 1. The standard InChI is InChI=1S/C17H17F2NS/c1-11(13-4-2-3-5-15(13)19)20-16-8-9-21-17-7-6-12(18)10-14(16)17/h2-7,10-11,16,20H,8-9H2,1H3. The first kappa shape index (κ1) is 14.5. The second kappa shape index (κ2) is 6.16. The molecule has 2 unspecified atom stereocenters. The maximum atomic E-state index is 13.9. The van der Waals surface area contributed by atoms with Gasteiger partial charge < -0.3 is 5.32 Å². The predicted molar refractivity (Wildman–Crippen MR) is 82.4 cm³/mol.